The van der Waals surface area contributed by atoms with Gasteiger partial charge in [0.25, 0.3) is 0 Å². The maximum atomic E-state index is 11.4. The van der Waals surface area contributed by atoms with Gasteiger partial charge in [0.15, 0.2) is 0 Å². The van der Waals surface area contributed by atoms with E-state index in [2.05, 4.69) is 5.32 Å². The van der Waals surface area contributed by atoms with E-state index in [4.69, 9.17) is 5.73 Å². The number of rotatable bonds is 3. The average Bonchev–Trinajstić information content (AvgIpc) is 2.18. The molecule has 0 aromatic heterocycles. The summed E-state index contributed by atoms with van der Waals surface area (Å²) in [6.07, 6.45) is 0. The zero-order valence-electron chi connectivity index (χ0n) is 9.32. The van der Waals surface area contributed by atoms with E-state index in [9.17, 15) is 4.79 Å². The Bertz CT molecular complexity index is 347. The molecule has 0 saturated carbocycles. The number of para-hydroxylation sites is 2. The number of benzene rings is 1. The minimum atomic E-state index is -0.500. The normalized spacial score (nSPS) is 12.0. The van der Waals surface area contributed by atoms with Crippen LogP contribution >= 0.6 is 0 Å². The summed E-state index contributed by atoms with van der Waals surface area (Å²) in [6.45, 7) is 1.66. The first kappa shape index (κ1) is 11.5. The average molecular weight is 207 g/mol. The smallest absolute Gasteiger partial charge is 0.241 e. The molecule has 1 amide bonds. The summed E-state index contributed by atoms with van der Waals surface area (Å²) in [5.74, 6) is -0.177. The summed E-state index contributed by atoms with van der Waals surface area (Å²) < 4.78 is 0. The first-order valence-electron chi connectivity index (χ1n) is 4.85. The Balaban J connectivity index is 2.89. The molecule has 1 aromatic rings. The Hall–Kier alpha value is -1.55. The van der Waals surface area contributed by atoms with Gasteiger partial charge in [-0.1, -0.05) is 12.1 Å². The van der Waals surface area contributed by atoms with Crippen LogP contribution in [0, 0.1) is 0 Å². The molecule has 0 aliphatic heterocycles. The van der Waals surface area contributed by atoms with Crippen LogP contribution in [-0.2, 0) is 4.79 Å². The van der Waals surface area contributed by atoms with Crippen molar-refractivity contribution in [3.8, 4) is 0 Å². The summed E-state index contributed by atoms with van der Waals surface area (Å²) >= 11 is 0. The van der Waals surface area contributed by atoms with Gasteiger partial charge < -0.3 is 16.0 Å². The van der Waals surface area contributed by atoms with Crippen LogP contribution in [0.3, 0.4) is 0 Å². The fourth-order valence-electron chi connectivity index (χ4n) is 1.22. The molecule has 3 N–H and O–H groups in total. The molecule has 1 rings (SSSR count). The molecule has 0 spiro atoms. The van der Waals surface area contributed by atoms with Crippen LogP contribution in [-0.4, -0.2) is 26.0 Å². The molecule has 0 bridgehead atoms. The number of anilines is 2. The van der Waals surface area contributed by atoms with E-state index in [-0.39, 0.29) is 5.91 Å². The first-order chi connectivity index (χ1) is 7.02. The van der Waals surface area contributed by atoms with Crippen LogP contribution in [0.15, 0.2) is 24.3 Å². The topological polar surface area (TPSA) is 58.4 Å². The van der Waals surface area contributed by atoms with Crippen molar-refractivity contribution in [1.82, 2.24) is 0 Å². The van der Waals surface area contributed by atoms with Gasteiger partial charge in [0, 0.05) is 14.1 Å². The first-order valence-corrected chi connectivity index (χ1v) is 4.85. The molecule has 4 heteroatoms. The molecule has 0 heterocycles. The summed E-state index contributed by atoms with van der Waals surface area (Å²) in [5, 5.41) is 2.79. The third-order valence-electron chi connectivity index (χ3n) is 2.06. The van der Waals surface area contributed by atoms with Crippen molar-refractivity contribution < 1.29 is 4.79 Å². The maximum Gasteiger partial charge on any atom is 0.241 e. The number of nitrogens with two attached hydrogens (primary N) is 1. The van der Waals surface area contributed by atoms with Crippen LogP contribution in [0.1, 0.15) is 6.92 Å². The number of carbonyl (C=O) groups is 1. The van der Waals surface area contributed by atoms with E-state index in [1.54, 1.807) is 6.92 Å². The van der Waals surface area contributed by atoms with Crippen LogP contribution in [0.5, 0.6) is 0 Å². The van der Waals surface area contributed by atoms with Crippen LogP contribution < -0.4 is 16.0 Å². The SMILES string of the molecule is C[C@H](N)C(=O)Nc1ccccc1N(C)C. The Morgan fingerprint density at radius 2 is 2.00 bits per heavy atom. The molecule has 1 aromatic carbocycles. The molecule has 0 aliphatic carbocycles. The number of carbonyl (C=O) groups excluding carboxylic acids is 1. The monoisotopic (exact) mass is 207 g/mol. The molecule has 0 fully saturated rings. The minimum Gasteiger partial charge on any atom is -0.376 e. The van der Waals surface area contributed by atoms with E-state index in [0.717, 1.165) is 11.4 Å². The summed E-state index contributed by atoms with van der Waals surface area (Å²) in [5.41, 5.74) is 7.23. The highest BCUT2D eigenvalue weighted by Crippen LogP contribution is 2.23. The fraction of sp³-hybridized carbons (Fsp3) is 0.364. The second kappa shape index (κ2) is 4.79. The summed E-state index contributed by atoms with van der Waals surface area (Å²) in [6, 6.07) is 7.10. The second-order valence-corrected chi connectivity index (χ2v) is 3.69. The summed E-state index contributed by atoms with van der Waals surface area (Å²) in [7, 11) is 3.85. The lowest BCUT2D eigenvalue weighted by atomic mass is 10.2. The molecule has 82 valence electrons. The van der Waals surface area contributed by atoms with E-state index >= 15 is 0 Å². The quantitative estimate of drug-likeness (QED) is 0.778. The van der Waals surface area contributed by atoms with Crippen molar-refractivity contribution in [2.45, 2.75) is 13.0 Å². The molecule has 0 aliphatic rings. The van der Waals surface area contributed by atoms with Crippen molar-refractivity contribution in [2.75, 3.05) is 24.3 Å². The lowest BCUT2D eigenvalue weighted by Crippen LogP contribution is -2.32. The number of hydrogen-bond donors (Lipinski definition) is 2. The zero-order valence-corrected chi connectivity index (χ0v) is 9.32. The van der Waals surface area contributed by atoms with Crippen LogP contribution in [0.4, 0.5) is 11.4 Å². The molecule has 4 nitrogen and oxygen atoms in total. The van der Waals surface area contributed by atoms with E-state index in [0.29, 0.717) is 0 Å². The van der Waals surface area contributed by atoms with Gasteiger partial charge in [-0.05, 0) is 19.1 Å². The number of nitrogens with one attached hydrogen (secondary N) is 1. The number of nitrogens with zero attached hydrogens (tertiary/aromatic N) is 1. The predicted octanol–water partition coefficient (Wildman–Crippen LogP) is 1.04. The molecular weight excluding hydrogens is 190 g/mol. The molecular formula is C11H17N3O. The van der Waals surface area contributed by atoms with Crippen molar-refractivity contribution in [3.05, 3.63) is 24.3 Å². The third-order valence-corrected chi connectivity index (χ3v) is 2.06. The Morgan fingerprint density at radius 1 is 1.40 bits per heavy atom. The zero-order chi connectivity index (χ0) is 11.4. The standard InChI is InChI=1S/C11H17N3O/c1-8(12)11(15)13-9-6-4-5-7-10(9)14(2)3/h4-8H,12H2,1-3H3,(H,13,15)/t8-/m0/s1. The second-order valence-electron chi connectivity index (χ2n) is 3.69. The van der Waals surface area contributed by atoms with Gasteiger partial charge in [0.05, 0.1) is 17.4 Å². The largest absolute Gasteiger partial charge is 0.376 e. The van der Waals surface area contributed by atoms with Crippen molar-refractivity contribution in [2.24, 2.45) is 5.73 Å². The molecule has 0 saturated heterocycles. The van der Waals surface area contributed by atoms with Crippen molar-refractivity contribution in [3.63, 3.8) is 0 Å². The fourth-order valence-corrected chi connectivity index (χ4v) is 1.22. The van der Waals surface area contributed by atoms with Crippen molar-refractivity contribution >= 4 is 17.3 Å². The predicted molar refractivity (Wildman–Crippen MR) is 63.0 cm³/mol. The highest BCUT2D eigenvalue weighted by Gasteiger charge is 2.10. The highest BCUT2D eigenvalue weighted by atomic mass is 16.2. The van der Waals surface area contributed by atoms with Gasteiger partial charge in [-0.15, -0.1) is 0 Å². The van der Waals surface area contributed by atoms with E-state index in [1.165, 1.54) is 0 Å². The van der Waals surface area contributed by atoms with Gasteiger partial charge in [-0.2, -0.15) is 0 Å². The Morgan fingerprint density at radius 3 is 2.53 bits per heavy atom. The lowest BCUT2D eigenvalue weighted by molar-refractivity contribution is -0.117. The van der Waals surface area contributed by atoms with Gasteiger partial charge >= 0.3 is 0 Å². The molecule has 0 unspecified atom stereocenters. The van der Waals surface area contributed by atoms with Gasteiger partial charge in [-0.3, -0.25) is 4.79 Å². The van der Waals surface area contributed by atoms with E-state index in [1.807, 2.05) is 43.3 Å². The van der Waals surface area contributed by atoms with Gasteiger partial charge in [0.1, 0.15) is 0 Å². The number of hydrogen-bond acceptors (Lipinski definition) is 3. The highest BCUT2D eigenvalue weighted by molar-refractivity contribution is 5.97. The molecule has 15 heavy (non-hydrogen) atoms. The third kappa shape index (κ3) is 2.95. The van der Waals surface area contributed by atoms with Gasteiger partial charge in [0.2, 0.25) is 5.91 Å². The van der Waals surface area contributed by atoms with Crippen LogP contribution in [0.2, 0.25) is 0 Å². The Kier molecular flexibility index (Phi) is 3.68. The lowest BCUT2D eigenvalue weighted by Gasteiger charge is -2.18. The molecule has 1 atom stereocenters. The van der Waals surface area contributed by atoms with Gasteiger partial charge in [-0.25, -0.2) is 0 Å². The Labute approximate surface area is 90.1 Å². The van der Waals surface area contributed by atoms with E-state index < -0.39 is 6.04 Å². The maximum absolute atomic E-state index is 11.4. The summed E-state index contributed by atoms with van der Waals surface area (Å²) in [4.78, 5) is 13.4. The van der Waals surface area contributed by atoms with Crippen LogP contribution in [0.25, 0.3) is 0 Å². The minimum absolute atomic E-state index is 0.177. The molecule has 0 radical (unpaired) electrons. The number of amides is 1. The van der Waals surface area contributed by atoms with Crippen molar-refractivity contribution in [1.29, 1.82) is 0 Å².